The van der Waals surface area contributed by atoms with E-state index in [-0.39, 0.29) is 6.04 Å². The van der Waals surface area contributed by atoms with Gasteiger partial charge in [-0.1, -0.05) is 12.1 Å². The van der Waals surface area contributed by atoms with Gasteiger partial charge in [0, 0.05) is 31.4 Å². The SMILES string of the molecule is CCn1ccnc1CC(NC)c1ccc(C)c(OC)c1. The number of rotatable bonds is 6. The van der Waals surface area contributed by atoms with Crippen LogP contribution in [0.3, 0.4) is 0 Å². The Labute approximate surface area is 120 Å². The summed E-state index contributed by atoms with van der Waals surface area (Å²) in [5, 5.41) is 3.37. The first-order chi connectivity index (χ1) is 9.69. The molecule has 0 fully saturated rings. The lowest BCUT2D eigenvalue weighted by atomic mass is 10.0. The lowest BCUT2D eigenvalue weighted by Crippen LogP contribution is -2.21. The number of nitrogens with zero attached hydrogens (tertiary/aromatic N) is 2. The summed E-state index contributed by atoms with van der Waals surface area (Å²) in [5.41, 5.74) is 2.38. The molecule has 2 rings (SSSR count). The molecule has 1 atom stereocenters. The Hall–Kier alpha value is -1.81. The number of aryl methyl sites for hydroxylation is 2. The highest BCUT2D eigenvalue weighted by Gasteiger charge is 2.14. The molecule has 1 N–H and O–H groups in total. The van der Waals surface area contributed by atoms with E-state index in [1.807, 2.05) is 19.4 Å². The number of nitrogens with one attached hydrogen (secondary N) is 1. The minimum Gasteiger partial charge on any atom is -0.496 e. The Kier molecular flexibility index (Phi) is 4.79. The molecule has 4 nitrogen and oxygen atoms in total. The molecule has 108 valence electrons. The summed E-state index contributed by atoms with van der Waals surface area (Å²) in [6.07, 6.45) is 4.75. The maximum absolute atomic E-state index is 5.41. The van der Waals surface area contributed by atoms with Gasteiger partial charge in [-0.2, -0.15) is 0 Å². The highest BCUT2D eigenvalue weighted by Crippen LogP contribution is 2.25. The number of methoxy groups -OCH3 is 1. The molecular formula is C16H23N3O. The third kappa shape index (κ3) is 3.02. The van der Waals surface area contributed by atoms with Crippen molar-refractivity contribution < 1.29 is 4.74 Å². The van der Waals surface area contributed by atoms with Crippen molar-refractivity contribution in [3.05, 3.63) is 47.5 Å². The third-order valence-electron chi connectivity index (χ3n) is 3.71. The van der Waals surface area contributed by atoms with Crippen LogP contribution in [0.25, 0.3) is 0 Å². The number of hydrogen-bond acceptors (Lipinski definition) is 3. The van der Waals surface area contributed by atoms with Gasteiger partial charge < -0.3 is 14.6 Å². The van der Waals surface area contributed by atoms with Crippen LogP contribution in [0, 0.1) is 6.92 Å². The van der Waals surface area contributed by atoms with Crippen LogP contribution in [0.2, 0.25) is 0 Å². The van der Waals surface area contributed by atoms with E-state index in [0.29, 0.717) is 0 Å². The fourth-order valence-corrected chi connectivity index (χ4v) is 2.44. The van der Waals surface area contributed by atoms with Gasteiger partial charge in [0.2, 0.25) is 0 Å². The van der Waals surface area contributed by atoms with E-state index < -0.39 is 0 Å². The van der Waals surface area contributed by atoms with Crippen LogP contribution < -0.4 is 10.1 Å². The van der Waals surface area contributed by atoms with Gasteiger partial charge in [0.1, 0.15) is 11.6 Å². The van der Waals surface area contributed by atoms with Crippen molar-refractivity contribution in [2.24, 2.45) is 0 Å². The van der Waals surface area contributed by atoms with Gasteiger partial charge >= 0.3 is 0 Å². The minimum atomic E-state index is 0.234. The quantitative estimate of drug-likeness (QED) is 0.879. The van der Waals surface area contributed by atoms with Crippen molar-refractivity contribution in [2.75, 3.05) is 14.2 Å². The number of imidazole rings is 1. The molecule has 0 aliphatic carbocycles. The van der Waals surface area contributed by atoms with Crippen molar-refractivity contribution in [3.8, 4) is 5.75 Å². The van der Waals surface area contributed by atoms with Crippen LogP contribution >= 0.6 is 0 Å². The van der Waals surface area contributed by atoms with Gasteiger partial charge in [-0.05, 0) is 38.1 Å². The number of hydrogen-bond donors (Lipinski definition) is 1. The van der Waals surface area contributed by atoms with Crippen LogP contribution in [0.5, 0.6) is 5.75 Å². The van der Waals surface area contributed by atoms with E-state index in [1.54, 1.807) is 7.11 Å². The molecule has 1 heterocycles. The Bertz CT molecular complexity index is 563. The first-order valence-electron chi connectivity index (χ1n) is 7.01. The zero-order valence-electron chi connectivity index (χ0n) is 12.7. The maximum Gasteiger partial charge on any atom is 0.122 e. The molecule has 1 aromatic carbocycles. The number of benzene rings is 1. The molecule has 0 saturated heterocycles. The van der Waals surface area contributed by atoms with E-state index >= 15 is 0 Å². The van der Waals surface area contributed by atoms with Crippen molar-refractivity contribution >= 4 is 0 Å². The first kappa shape index (κ1) is 14.6. The van der Waals surface area contributed by atoms with Gasteiger partial charge in [-0.25, -0.2) is 4.98 Å². The topological polar surface area (TPSA) is 39.1 Å². The molecule has 4 heteroatoms. The summed E-state index contributed by atoms with van der Waals surface area (Å²) >= 11 is 0. The van der Waals surface area contributed by atoms with E-state index in [4.69, 9.17) is 4.74 Å². The average Bonchev–Trinajstić information content (AvgIpc) is 2.92. The van der Waals surface area contributed by atoms with Crippen molar-refractivity contribution in [3.63, 3.8) is 0 Å². The number of likely N-dealkylation sites (N-methyl/N-ethyl adjacent to an activating group) is 1. The van der Waals surface area contributed by atoms with Crippen LogP contribution in [-0.2, 0) is 13.0 Å². The van der Waals surface area contributed by atoms with E-state index in [2.05, 4.69) is 46.9 Å². The Morgan fingerprint density at radius 2 is 2.20 bits per heavy atom. The molecule has 0 saturated carbocycles. The zero-order chi connectivity index (χ0) is 14.5. The smallest absolute Gasteiger partial charge is 0.122 e. The third-order valence-corrected chi connectivity index (χ3v) is 3.71. The second-order valence-corrected chi connectivity index (χ2v) is 4.90. The molecular weight excluding hydrogens is 250 g/mol. The minimum absolute atomic E-state index is 0.234. The summed E-state index contributed by atoms with van der Waals surface area (Å²) < 4.78 is 7.59. The first-order valence-corrected chi connectivity index (χ1v) is 7.01. The van der Waals surface area contributed by atoms with Gasteiger partial charge in [0.25, 0.3) is 0 Å². The molecule has 0 bridgehead atoms. The van der Waals surface area contributed by atoms with Crippen molar-refractivity contribution in [1.29, 1.82) is 0 Å². The Morgan fingerprint density at radius 3 is 2.85 bits per heavy atom. The number of aromatic nitrogens is 2. The molecule has 1 aromatic heterocycles. The average molecular weight is 273 g/mol. The van der Waals surface area contributed by atoms with Gasteiger partial charge in [-0.15, -0.1) is 0 Å². The van der Waals surface area contributed by atoms with E-state index in [9.17, 15) is 0 Å². The molecule has 20 heavy (non-hydrogen) atoms. The fourth-order valence-electron chi connectivity index (χ4n) is 2.44. The number of ether oxygens (including phenoxy) is 1. The molecule has 0 aliphatic heterocycles. The maximum atomic E-state index is 5.41. The molecule has 0 radical (unpaired) electrons. The Balaban J connectivity index is 2.24. The van der Waals surface area contributed by atoms with Gasteiger partial charge in [0.15, 0.2) is 0 Å². The van der Waals surface area contributed by atoms with Crippen molar-refractivity contribution in [2.45, 2.75) is 32.9 Å². The largest absolute Gasteiger partial charge is 0.496 e. The van der Waals surface area contributed by atoms with Gasteiger partial charge in [-0.3, -0.25) is 0 Å². The molecule has 0 spiro atoms. The molecule has 0 aliphatic rings. The fraction of sp³-hybridized carbons (Fsp3) is 0.438. The van der Waals surface area contributed by atoms with Crippen LogP contribution in [0.4, 0.5) is 0 Å². The predicted octanol–water partition coefficient (Wildman–Crippen LogP) is 2.72. The second kappa shape index (κ2) is 6.57. The molecule has 1 unspecified atom stereocenters. The Morgan fingerprint density at radius 1 is 1.40 bits per heavy atom. The van der Waals surface area contributed by atoms with Crippen LogP contribution in [0.15, 0.2) is 30.6 Å². The zero-order valence-corrected chi connectivity index (χ0v) is 12.7. The van der Waals surface area contributed by atoms with E-state index in [1.165, 1.54) is 5.56 Å². The molecule has 0 amide bonds. The summed E-state index contributed by atoms with van der Waals surface area (Å²) in [6.45, 7) is 5.14. The summed E-state index contributed by atoms with van der Waals surface area (Å²) in [6, 6.07) is 6.59. The summed E-state index contributed by atoms with van der Waals surface area (Å²) in [7, 11) is 3.69. The van der Waals surface area contributed by atoms with Gasteiger partial charge in [0.05, 0.1) is 7.11 Å². The highest BCUT2D eigenvalue weighted by molar-refractivity contribution is 5.38. The van der Waals surface area contributed by atoms with Crippen molar-refractivity contribution in [1.82, 2.24) is 14.9 Å². The summed E-state index contributed by atoms with van der Waals surface area (Å²) in [4.78, 5) is 4.45. The monoisotopic (exact) mass is 273 g/mol. The van der Waals surface area contributed by atoms with Crippen LogP contribution in [0.1, 0.15) is 29.9 Å². The normalized spacial score (nSPS) is 12.4. The summed E-state index contributed by atoms with van der Waals surface area (Å²) in [5.74, 6) is 2.04. The predicted molar refractivity (Wildman–Crippen MR) is 81.1 cm³/mol. The second-order valence-electron chi connectivity index (χ2n) is 4.90. The standard InChI is InChI=1S/C16H23N3O/c1-5-19-9-8-18-16(19)11-14(17-3)13-7-6-12(2)15(10-13)20-4/h6-10,14,17H,5,11H2,1-4H3. The molecule has 2 aromatic rings. The highest BCUT2D eigenvalue weighted by atomic mass is 16.5. The lowest BCUT2D eigenvalue weighted by molar-refractivity contribution is 0.410. The lowest BCUT2D eigenvalue weighted by Gasteiger charge is -2.18. The van der Waals surface area contributed by atoms with E-state index in [0.717, 1.165) is 30.1 Å². The van der Waals surface area contributed by atoms with Crippen LogP contribution in [-0.4, -0.2) is 23.7 Å².